The smallest absolute Gasteiger partial charge is 0.408 e. The number of rotatable bonds is 7. The Morgan fingerprint density at radius 2 is 1.40 bits per heavy atom. The zero-order valence-electron chi connectivity index (χ0n) is 35.5. The third kappa shape index (κ3) is 7.77. The summed E-state index contributed by atoms with van der Waals surface area (Å²) in [5, 5.41) is 29.0. The average molecular weight is 747 g/mol. The van der Waals surface area contributed by atoms with Crippen LogP contribution in [0, 0.1) is 45.3 Å². The van der Waals surface area contributed by atoms with Crippen molar-refractivity contribution >= 4 is 18.0 Å². The highest BCUT2D eigenvalue weighted by atomic mass is 16.6. The zero-order chi connectivity index (χ0) is 40.0. The Bertz CT molecular complexity index is 1380. The second-order valence-corrected chi connectivity index (χ2v) is 22.0. The van der Waals surface area contributed by atoms with Gasteiger partial charge in [0.1, 0.15) is 17.2 Å². The Labute approximate surface area is 320 Å². The van der Waals surface area contributed by atoms with Crippen LogP contribution in [0.15, 0.2) is 0 Å². The molecule has 0 radical (unpaired) electrons. The van der Waals surface area contributed by atoms with Gasteiger partial charge in [-0.2, -0.15) is 0 Å². The van der Waals surface area contributed by atoms with Crippen LogP contribution in [-0.2, 0) is 23.8 Å². The molecule has 0 aromatic rings. The number of aliphatic hydroxyl groups is 2. The predicted octanol–water partition coefficient (Wildman–Crippen LogP) is 7.46. The molecule has 304 valence electrons. The number of hydrogen-bond donors (Lipinski definition) is 4. The molecule has 53 heavy (non-hydrogen) atoms. The highest BCUT2D eigenvalue weighted by Crippen LogP contribution is 2.76. The molecular formula is C43H74N2O8. The summed E-state index contributed by atoms with van der Waals surface area (Å²) >= 11 is 0. The largest absolute Gasteiger partial charge is 0.460 e. The van der Waals surface area contributed by atoms with E-state index < -0.39 is 46.9 Å². The van der Waals surface area contributed by atoms with E-state index in [4.69, 9.17) is 14.2 Å². The van der Waals surface area contributed by atoms with E-state index in [2.05, 4.69) is 52.2 Å². The van der Waals surface area contributed by atoms with Crippen LogP contribution in [0.4, 0.5) is 4.79 Å². The first kappa shape index (κ1) is 42.2. The van der Waals surface area contributed by atoms with Gasteiger partial charge in [0.2, 0.25) is 5.91 Å². The van der Waals surface area contributed by atoms with Crippen molar-refractivity contribution < 1.29 is 38.8 Å². The average Bonchev–Trinajstić information content (AvgIpc) is 3.56. The van der Waals surface area contributed by atoms with E-state index in [0.717, 1.165) is 57.8 Å². The van der Waals surface area contributed by atoms with Gasteiger partial charge in [-0.3, -0.25) is 9.59 Å². The van der Waals surface area contributed by atoms with Gasteiger partial charge in [0.15, 0.2) is 0 Å². The Morgan fingerprint density at radius 1 is 0.792 bits per heavy atom. The summed E-state index contributed by atoms with van der Waals surface area (Å²) in [5.41, 5.74) is -3.12. The molecule has 0 bridgehead atoms. The van der Waals surface area contributed by atoms with Crippen LogP contribution >= 0.6 is 0 Å². The van der Waals surface area contributed by atoms with Gasteiger partial charge in [-0.15, -0.1) is 0 Å². The Morgan fingerprint density at radius 3 is 1.96 bits per heavy atom. The van der Waals surface area contributed by atoms with Gasteiger partial charge in [-0.25, -0.2) is 4.79 Å². The number of aliphatic hydroxyl groups excluding tert-OH is 1. The Balaban J connectivity index is 1.35. The first-order chi connectivity index (χ1) is 24.0. The molecule has 1 aliphatic heterocycles. The van der Waals surface area contributed by atoms with E-state index in [9.17, 15) is 24.6 Å². The maximum absolute atomic E-state index is 14.0. The first-order valence-electron chi connectivity index (χ1n) is 20.6. The summed E-state index contributed by atoms with van der Waals surface area (Å²) in [6, 6.07) is -1.32. The number of ether oxygens (including phenoxy) is 3. The van der Waals surface area contributed by atoms with Crippen molar-refractivity contribution in [3.05, 3.63) is 0 Å². The minimum absolute atomic E-state index is 0.0313. The predicted molar refractivity (Wildman–Crippen MR) is 205 cm³/mol. The highest BCUT2D eigenvalue weighted by Gasteiger charge is 2.72. The van der Waals surface area contributed by atoms with Gasteiger partial charge in [0.25, 0.3) is 0 Å². The number of carbonyl (C=O) groups excluding carboxylic acids is 3. The van der Waals surface area contributed by atoms with E-state index in [-0.39, 0.29) is 57.7 Å². The summed E-state index contributed by atoms with van der Waals surface area (Å²) in [4.78, 5) is 39.8. The minimum Gasteiger partial charge on any atom is -0.460 e. The van der Waals surface area contributed by atoms with Crippen molar-refractivity contribution in [2.75, 3.05) is 0 Å². The lowest BCUT2D eigenvalue weighted by molar-refractivity contribution is -0.240. The first-order valence-corrected chi connectivity index (χ1v) is 20.6. The quantitative estimate of drug-likeness (QED) is 0.197. The molecule has 0 aromatic carbocycles. The molecular weight excluding hydrogens is 672 g/mol. The van der Waals surface area contributed by atoms with Crippen molar-refractivity contribution in [3.8, 4) is 0 Å². The minimum atomic E-state index is -1.15. The van der Waals surface area contributed by atoms with Gasteiger partial charge in [0.05, 0.1) is 29.8 Å². The topological polar surface area (TPSA) is 143 Å². The fourth-order valence-electron chi connectivity index (χ4n) is 12.8. The fourth-order valence-corrected chi connectivity index (χ4v) is 12.8. The molecule has 2 amide bonds. The number of fused-ring (bicyclic) bond motifs is 5. The van der Waals surface area contributed by atoms with Crippen LogP contribution in [0.3, 0.4) is 0 Å². The SMILES string of the molecule is CC(C)(C)OC(=O)C[C@H](NC(=O)OC(C)(C)C)C(=O)N[C@H]1CC[C@]2(C)[C@H]3C[C@@H](O)[C@@H]4[C@@H]([C@]5(C)CC[C@@H](C(C)(C)O)O5)CC[C@@]4(C)[C@]3(C)CC[C@H]2C1(C)C. The molecule has 4 saturated carbocycles. The van der Waals surface area contributed by atoms with Crippen molar-refractivity contribution in [1.29, 1.82) is 0 Å². The van der Waals surface area contributed by atoms with Crippen LogP contribution in [-0.4, -0.2) is 74.9 Å². The monoisotopic (exact) mass is 747 g/mol. The highest BCUT2D eigenvalue weighted by molar-refractivity contribution is 5.90. The molecule has 4 aliphatic carbocycles. The lowest BCUT2D eigenvalue weighted by Crippen LogP contribution is -2.68. The standard InChI is InChI=1S/C43H74N2O8/c1-36(2,3)52-32(47)23-26(44-35(49)53-37(4,5)6)34(48)45-30-17-19-40(11)28(38(30,7)8)16-21-41(12)29(40)24-27(46)33-25(15-20-42(33,41)13)43(14)22-18-31(51-43)39(9,10)50/h25-31,33,46,50H,15-24H2,1-14H3,(H,44,49)(H,45,48)/t25-,26-,27+,28-,29+,30-,31-,33-,40-,41+,42+,43-/m0/s1. The van der Waals surface area contributed by atoms with Gasteiger partial charge in [-0.05, 0) is 165 Å². The lowest BCUT2D eigenvalue weighted by Gasteiger charge is -2.71. The molecule has 0 spiro atoms. The zero-order valence-corrected chi connectivity index (χ0v) is 35.5. The molecule has 10 heteroatoms. The fraction of sp³-hybridized carbons (Fsp3) is 0.930. The van der Waals surface area contributed by atoms with Crippen LogP contribution in [0.5, 0.6) is 0 Å². The van der Waals surface area contributed by atoms with Gasteiger partial charge in [-0.1, -0.05) is 34.6 Å². The Kier molecular flexibility index (Phi) is 10.9. The summed E-state index contributed by atoms with van der Waals surface area (Å²) < 4.78 is 17.7. The van der Waals surface area contributed by atoms with E-state index in [1.54, 1.807) is 41.5 Å². The molecule has 4 N–H and O–H groups in total. The molecule has 1 saturated heterocycles. The van der Waals surface area contributed by atoms with Gasteiger partial charge in [0, 0.05) is 6.04 Å². The number of carbonyl (C=O) groups is 3. The number of esters is 1. The summed E-state index contributed by atoms with van der Waals surface area (Å²) in [6.07, 6.45) is 6.63. The second kappa shape index (κ2) is 13.6. The third-order valence-electron chi connectivity index (χ3n) is 15.4. The van der Waals surface area contributed by atoms with Crippen LogP contribution in [0.1, 0.15) is 161 Å². The molecule has 0 unspecified atom stereocenters. The summed E-state index contributed by atoms with van der Waals surface area (Å²) in [6.45, 7) is 28.4. The molecule has 5 fully saturated rings. The molecule has 0 aromatic heterocycles. The number of amides is 2. The maximum Gasteiger partial charge on any atom is 0.408 e. The summed E-state index contributed by atoms with van der Waals surface area (Å²) in [7, 11) is 0. The number of alkyl carbamates (subject to hydrolysis) is 1. The molecule has 5 aliphatic rings. The van der Waals surface area contributed by atoms with Crippen LogP contribution < -0.4 is 10.6 Å². The Hall–Kier alpha value is -1.91. The van der Waals surface area contributed by atoms with Crippen molar-refractivity contribution in [2.24, 2.45) is 45.3 Å². The van der Waals surface area contributed by atoms with Crippen molar-refractivity contribution in [3.63, 3.8) is 0 Å². The molecule has 12 atom stereocenters. The normalized spacial score (nSPS) is 41.7. The van der Waals surface area contributed by atoms with Crippen LogP contribution in [0.25, 0.3) is 0 Å². The van der Waals surface area contributed by atoms with Crippen LogP contribution in [0.2, 0.25) is 0 Å². The molecule has 10 nitrogen and oxygen atoms in total. The molecule has 5 rings (SSSR count). The third-order valence-corrected chi connectivity index (χ3v) is 15.4. The second-order valence-electron chi connectivity index (χ2n) is 22.0. The van der Waals surface area contributed by atoms with E-state index in [1.807, 2.05) is 13.8 Å². The maximum atomic E-state index is 14.0. The van der Waals surface area contributed by atoms with E-state index in [1.165, 1.54) is 0 Å². The number of hydrogen-bond acceptors (Lipinski definition) is 8. The van der Waals surface area contributed by atoms with Crippen molar-refractivity contribution in [2.45, 2.75) is 208 Å². The van der Waals surface area contributed by atoms with Crippen molar-refractivity contribution in [1.82, 2.24) is 10.6 Å². The van der Waals surface area contributed by atoms with E-state index in [0.29, 0.717) is 11.8 Å². The van der Waals surface area contributed by atoms with E-state index >= 15 is 0 Å². The van der Waals surface area contributed by atoms with Gasteiger partial charge < -0.3 is 35.1 Å². The summed E-state index contributed by atoms with van der Waals surface area (Å²) in [5.74, 6) is -0.00385. The van der Waals surface area contributed by atoms with Gasteiger partial charge >= 0.3 is 12.1 Å². The lowest BCUT2D eigenvalue weighted by atomic mass is 9.35. The molecule has 1 heterocycles. The number of nitrogens with one attached hydrogen (secondary N) is 2.